The lowest BCUT2D eigenvalue weighted by atomic mass is 9.85. The summed E-state index contributed by atoms with van der Waals surface area (Å²) in [6.07, 6.45) is 3.18. The number of urea groups is 1. The highest BCUT2D eigenvalue weighted by atomic mass is 16.4. The van der Waals surface area contributed by atoms with Crippen LogP contribution in [0.15, 0.2) is 24.3 Å². The summed E-state index contributed by atoms with van der Waals surface area (Å²) in [7, 11) is 0. The van der Waals surface area contributed by atoms with Gasteiger partial charge in [-0.15, -0.1) is 0 Å². The topological polar surface area (TPSA) is 78.4 Å². The molecule has 116 valence electrons. The van der Waals surface area contributed by atoms with Gasteiger partial charge in [-0.25, -0.2) is 4.79 Å². The van der Waals surface area contributed by atoms with Crippen LogP contribution in [0.25, 0.3) is 0 Å². The molecule has 5 nitrogen and oxygen atoms in total. The minimum Gasteiger partial charge on any atom is -0.481 e. The third kappa shape index (κ3) is 5.10. The van der Waals surface area contributed by atoms with Gasteiger partial charge in [-0.1, -0.05) is 31.9 Å². The molecular weight excluding hydrogens is 268 g/mol. The zero-order valence-corrected chi connectivity index (χ0v) is 12.9. The molecule has 0 spiro atoms. The number of unbranched alkanes of at least 4 members (excludes halogenated alkanes) is 2. The Bertz CT molecular complexity index is 481. The van der Waals surface area contributed by atoms with Crippen LogP contribution in [-0.4, -0.2) is 23.7 Å². The van der Waals surface area contributed by atoms with Gasteiger partial charge < -0.3 is 15.7 Å². The van der Waals surface area contributed by atoms with Crippen molar-refractivity contribution in [1.82, 2.24) is 5.32 Å². The molecule has 2 amide bonds. The van der Waals surface area contributed by atoms with Gasteiger partial charge in [0, 0.05) is 12.2 Å². The highest BCUT2D eigenvalue weighted by Gasteiger charge is 2.29. The van der Waals surface area contributed by atoms with Crippen molar-refractivity contribution in [3.05, 3.63) is 29.8 Å². The Morgan fingerprint density at radius 2 is 1.76 bits per heavy atom. The van der Waals surface area contributed by atoms with Crippen molar-refractivity contribution in [3.8, 4) is 0 Å². The molecular formula is C16H24N2O3. The highest BCUT2D eigenvalue weighted by Crippen LogP contribution is 2.24. The Hall–Kier alpha value is -2.04. The Labute approximate surface area is 125 Å². The number of nitrogens with one attached hydrogen (secondary N) is 2. The largest absolute Gasteiger partial charge is 0.481 e. The van der Waals surface area contributed by atoms with E-state index < -0.39 is 11.4 Å². The molecule has 1 rings (SSSR count). The van der Waals surface area contributed by atoms with E-state index >= 15 is 0 Å². The number of rotatable bonds is 7. The molecule has 0 bridgehead atoms. The Morgan fingerprint density at radius 3 is 2.29 bits per heavy atom. The third-order valence-corrected chi connectivity index (χ3v) is 3.47. The number of aliphatic carboxylic acids is 1. The first-order valence-electron chi connectivity index (χ1n) is 7.26. The summed E-state index contributed by atoms with van der Waals surface area (Å²) in [5.74, 6) is -0.878. The molecule has 1 aromatic carbocycles. The summed E-state index contributed by atoms with van der Waals surface area (Å²) >= 11 is 0. The fraction of sp³-hybridized carbons (Fsp3) is 0.500. The van der Waals surface area contributed by atoms with E-state index in [-0.39, 0.29) is 6.03 Å². The summed E-state index contributed by atoms with van der Waals surface area (Å²) in [5, 5.41) is 14.7. The lowest BCUT2D eigenvalue weighted by molar-refractivity contribution is -0.142. The molecule has 0 heterocycles. The van der Waals surface area contributed by atoms with Crippen LogP contribution in [0.1, 0.15) is 45.6 Å². The molecule has 0 saturated heterocycles. The molecule has 5 heteroatoms. The van der Waals surface area contributed by atoms with Crippen molar-refractivity contribution in [2.75, 3.05) is 11.9 Å². The fourth-order valence-corrected chi connectivity index (χ4v) is 1.85. The molecule has 0 unspecified atom stereocenters. The van der Waals surface area contributed by atoms with Gasteiger partial charge in [0.05, 0.1) is 5.41 Å². The molecule has 0 radical (unpaired) electrons. The van der Waals surface area contributed by atoms with Crippen LogP contribution in [0.2, 0.25) is 0 Å². The van der Waals surface area contributed by atoms with E-state index in [9.17, 15) is 14.7 Å². The number of carbonyl (C=O) groups excluding carboxylic acids is 1. The highest BCUT2D eigenvalue weighted by molar-refractivity contribution is 5.89. The van der Waals surface area contributed by atoms with E-state index in [1.165, 1.54) is 0 Å². The van der Waals surface area contributed by atoms with Gasteiger partial charge in [-0.05, 0) is 38.0 Å². The van der Waals surface area contributed by atoms with Crippen molar-refractivity contribution < 1.29 is 14.7 Å². The molecule has 0 fully saturated rings. The van der Waals surface area contributed by atoms with E-state index in [2.05, 4.69) is 17.6 Å². The Balaban J connectivity index is 2.55. The van der Waals surface area contributed by atoms with Crippen molar-refractivity contribution in [1.29, 1.82) is 0 Å². The first kappa shape index (κ1) is 17.0. The zero-order valence-electron chi connectivity index (χ0n) is 12.9. The molecule has 0 aliphatic heterocycles. The van der Waals surface area contributed by atoms with E-state index in [4.69, 9.17) is 0 Å². The van der Waals surface area contributed by atoms with Crippen LogP contribution in [0, 0.1) is 0 Å². The summed E-state index contributed by atoms with van der Waals surface area (Å²) in [5.41, 5.74) is 0.401. The second-order valence-electron chi connectivity index (χ2n) is 5.60. The maximum atomic E-state index is 11.6. The van der Waals surface area contributed by atoms with E-state index in [1.54, 1.807) is 38.1 Å². The average molecular weight is 292 g/mol. The van der Waals surface area contributed by atoms with Gasteiger partial charge in [-0.2, -0.15) is 0 Å². The zero-order chi connectivity index (χ0) is 15.9. The normalized spacial score (nSPS) is 11.0. The van der Waals surface area contributed by atoms with Crippen LogP contribution in [0.3, 0.4) is 0 Å². The molecule has 0 aromatic heterocycles. The number of amides is 2. The second-order valence-corrected chi connectivity index (χ2v) is 5.60. The maximum absolute atomic E-state index is 11.6. The lowest BCUT2D eigenvalue weighted by Crippen LogP contribution is -2.30. The van der Waals surface area contributed by atoms with Crippen molar-refractivity contribution in [2.45, 2.75) is 45.4 Å². The van der Waals surface area contributed by atoms with E-state index in [0.29, 0.717) is 17.8 Å². The quantitative estimate of drug-likeness (QED) is 0.674. The monoisotopic (exact) mass is 292 g/mol. The fourth-order valence-electron chi connectivity index (χ4n) is 1.85. The predicted octanol–water partition coefficient (Wildman–Crippen LogP) is 3.36. The van der Waals surface area contributed by atoms with Crippen LogP contribution in [0.5, 0.6) is 0 Å². The van der Waals surface area contributed by atoms with Crippen LogP contribution < -0.4 is 10.6 Å². The Morgan fingerprint density at radius 1 is 1.14 bits per heavy atom. The molecule has 3 N–H and O–H groups in total. The maximum Gasteiger partial charge on any atom is 0.319 e. The lowest BCUT2D eigenvalue weighted by Gasteiger charge is -2.19. The first-order chi connectivity index (χ1) is 9.87. The molecule has 1 aromatic rings. The minimum absolute atomic E-state index is 0.239. The van der Waals surface area contributed by atoms with Gasteiger partial charge in [0.15, 0.2) is 0 Å². The molecule has 0 aliphatic rings. The van der Waals surface area contributed by atoms with E-state index in [1.807, 2.05) is 0 Å². The SMILES string of the molecule is CCCCCNC(=O)Nc1ccc(C(C)(C)C(=O)O)cc1. The van der Waals surface area contributed by atoms with Crippen LogP contribution in [-0.2, 0) is 10.2 Å². The summed E-state index contributed by atoms with van der Waals surface area (Å²) in [6.45, 7) is 6.07. The number of carboxylic acid groups (broad SMARTS) is 1. The molecule has 21 heavy (non-hydrogen) atoms. The number of hydrogen-bond donors (Lipinski definition) is 3. The molecule has 0 atom stereocenters. The van der Waals surface area contributed by atoms with Crippen molar-refractivity contribution in [2.24, 2.45) is 0 Å². The standard InChI is InChI=1S/C16H24N2O3/c1-4-5-6-11-17-15(21)18-13-9-7-12(8-10-13)16(2,3)14(19)20/h7-10H,4-6,11H2,1-3H3,(H,19,20)(H2,17,18,21). The van der Waals surface area contributed by atoms with Gasteiger partial charge in [0.25, 0.3) is 0 Å². The third-order valence-electron chi connectivity index (χ3n) is 3.47. The number of hydrogen-bond acceptors (Lipinski definition) is 2. The van der Waals surface area contributed by atoms with Gasteiger partial charge >= 0.3 is 12.0 Å². The number of benzene rings is 1. The number of anilines is 1. The predicted molar refractivity (Wildman–Crippen MR) is 83.7 cm³/mol. The van der Waals surface area contributed by atoms with Gasteiger partial charge in [-0.3, -0.25) is 4.79 Å². The van der Waals surface area contributed by atoms with Crippen molar-refractivity contribution in [3.63, 3.8) is 0 Å². The van der Waals surface area contributed by atoms with Gasteiger partial charge in [0.2, 0.25) is 0 Å². The average Bonchev–Trinajstić information content (AvgIpc) is 2.44. The van der Waals surface area contributed by atoms with Gasteiger partial charge in [0.1, 0.15) is 0 Å². The van der Waals surface area contributed by atoms with Crippen LogP contribution >= 0.6 is 0 Å². The second kappa shape index (κ2) is 7.67. The summed E-state index contributed by atoms with van der Waals surface area (Å²) in [4.78, 5) is 22.8. The number of carboxylic acids is 1. The summed E-state index contributed by atoms with van der Waals surface area (Å²) in [6, 6.07) is 6.63. The minimum atomic E-state index is -0.944. The van der Waals surface area contributed by atoms with Crippen molar-refractivity contribution >= 4 is 17.7 Å². The van der Waals surface area contributed by atoms with E-state index in [0.717, 1.165) is 19.3 Å². The first-order valence-corrected chi connectivity index (χ1v) is 7.26. The molecule has 0 saturated carbocycles. The van der Waals surface area contributed by atoms with Crippen LogP contribution in [0.4, 0.5) is 10.5 Å². The number of carbonyl (C=O) groups is 2. The Kier molecular flexibility index (Phi) is 6.21. The summed E-state index contributed by atoms with van der Waals surface area (Å²) < 4.78 is 0. The smallest absolute Gasteiger partial charge is 0.319 e. The molecule has 0 aliphatic carbocycles.